The molecule has 186 valence electrons. The fourth-order valence-electron chi connectivity index (χ4n) is 9.27. The van der Waals surface area contributed by atoms with Crippen molar-refractivity contribution in [3.8, 4) is 0 Å². The van der Waals surface area contributed by atoms with Crippen LogP contribution >= 0.6 is 0 Å². The van der Waals surface area contributed by atoms with Crippen LogP contribution in [0, 0.1) is 34.5 Å². The first-order valence-electron chi connectivity index (χ1n) is 13.1. The van der Waals surface area contributed by atoms with Crippen LogP contribution < -0.4 is 0 Å². The fourth-order valence-corrected chi connectivity index (χ4v) is 9.27. The van der Waals surface area contributed by atoms with Crippen molar-refractivity contribution < 1.29 is 29.3 Å². The summed E-state index contributed by atoms with van der Waals surface area (Å²) in [5, 5.41) is 24.0. The number of aliphatic hydroxyl groups is 2. The van der Waals surface area contributed by atoms with Crippen molar-refractivity contribution >= 4 is 11.8 Å². The summed E-state index contributed by atoms with van der Waals surface area (Å²) in [5.41, 5.74) is -1.60. The molecule has 2 heterocycles. The first-order valence-corrected chi connectivity index (χ1v) is 13.1. The number of carbonyl (C=O) groups is 2. The first-order chi connectivity index (χ1) is 15.9. The Bertz CT molecular complexity index is 1030. The molecule has 34 heavy (non-hydrogen) atoms. The summed E-state index contributed by atoms with van der Waals surface area (Å²) in [6.45, 7) is 9.99. The van der Waals surface area contributed by atoms with Crippen molar-refractivity contribution in [1.82, 2.24) is 0 Å². The van der Waals surface area contributed by atoms with Gasteiger partial charge in [0.15, 0.2) is 5.78 Å². The molecule has 0 bridgehead atoms. The number of ether oxygens (including phenoxy) is 2. The highest BCUT2D eigenvalue weighted by atomic mass is 16.6. The van der Waals surface area contributed by atoms with Crippen molar-refractivity contribution in [3.05, 3.63) is 23.3 Å². The summed E-state index contributed by atoms with van der Waals surface area (Å²) >= 11 is 0. The van der Waals surface area contributed by atoms with E-state index in [1.165, 1.54) is 0 Å². The van der Waals surface area contributed by atoms with E-state index < -0.39 is 16.6 Å². The molecule has 4 aliphatic carbocycles. The van der Waals surface area contributed by atoms with Crippen LogP contribution in [0.25, 0.3) is 0 Å². The SMILES string of the molecule is CC1=C(C)C(=O)OC([C@H](C)[C@@]2(O)CCC3C4C5OC5[C@@]5(O)CC=CC(=O)[C@]5(C)C4CC[C@@]32C)C1. The molecule has 11 atom stereocenters. The minimum absolute atomic E-state index is 0.0159. The van der Waals surface area contributed by atoms with Crippen molar-refractivity contribution in [2.24, 2.45) is 34.5 Å². The molecular formula is C28H38O6. The van der Waals surface area contributed by atoms with Gasteiger partial charge in [0.1, 0.15) is 17.8 Å². The van der Waals surface area contributed by atoms with Crippen LogP contribution in [0.4, 0.5) is 0 Å². The number of rotatable bonds is 2. The lowest BCUT2D eigenvalue weighted by Gasteiger charge is -2.61. The van der Waals surface area contributed by atoms with Crippen molar-refractivity contribution in [2.75, 3.05) is 0 Å². The molecule has 6 unspecified atom stereocenters. The Morgan fingerprint density at radius 3 is 2.50 bits per heavy atom. The number of esters is 1. The summed E-state index contributed by atoms with van der Waals surface area (Å²) < 4.78 is 12.0. The van der Waals surface area contributed by atoms with Gasteiger partial charge in [-0.2, -0.15) is 0 Å². The molecule has 6 rings (SSSR count). The third-order valence-corrected chi connectivity index (χ3v) is 11.8. The van der Waals surface area contributed by atoms with E-state index in [0.717, 1.165) is 24.8 Å². The maximum atomic E-state index is 13.3. The Balaban J connectivity index is 1.34. The van der Waals surface area contributed by atoms with E-state index in [1.54, 1.807) is 19.1 Å². The standard InChI is InChI=1S/C28H38O6/c1-14-13-19(33-24(30)15(14)2)16(3)27(31)12-9-17-21-18(8-11-25(17,27)4)26(5)20(29)7-6-10-28(26,32)23-22(21)34-23/h6-7,16-19,21-23,31-32H,8-13H2,1-5H3/t16-,17?,18?,19?,21?,22?,23?,25-,26-,27-,28-/m0/s1. The lowest BCUT2D eigenvalue weighted by Crippen LogP contribution is -2.68. The van der Waals surface area contributed by atoms with Gasteiger partial charge in [0, 0.05) is 17.9 Å². The molecule has 6 heteroatoms. The Morgan fingerprint density at radius 2 is 1.79 bits per heavy atom. The molecule has 0 aromatic carbocycles. The quantitative estimate of drug-likeness (QED) is 0.474. The van der Waals surface area contributed by atoms with Crippen molar-refractivity contribution in [1.29, 1.82) is 0 Å². The number of allylic oxidation sites excluding steroid dienone is 1. The monoisotopic (exact) mass is 470 g/mol. The zero-order valence-corrected chi connectivity index (χ0v) is 21.0. The van der Waals surface area contributed by atoms with E-state index in [1.807, 2.05) is 20.8 Å². The van der Waals surface area contributed by atoms with Gasteiger partial charge in [0.25, 0.3) is 0 Å². The maximum absolute atomic E-state index is 13.3. The predicted octanol–water partition coefficient (Wildman–Crippen LogP) is 3.50. The van der Waals surface area contributed by atoms with Crippen LogP contribution in [0.2, 0.25) is 0 Å². The Hall–Kier alpha value is -1.50. The summed E-state index contributed by atoms with van der Waals surface area (Å²) in [5.74, 6) is -0.0746. The summed E-state index contributed by atoms with van der Waals surface area (Å²) in [6.07, 6.45) is 6.96. The average molecular weight is 471 g/mol. The number of epoxide rings is 1. The second kappa shape index (κ2) is 6.83. The molecule has 0 aromatic heterocycles. The van der Waals surface area contributed by atoms with Crippen LogP contribution in [0.1, 0.15) is 73.1 Å². The lowest BCUT2D eigenvalue weighted by atomic mass is 9.43. The van der Waals surface area contributed by atoms with E-state index in [9.17, 15) is 19.8 Å². The Kier molecular flexibility index (Phi) is 4.61. The first kappa shape index (κ1) is 22.9. The molecule has 0 amide bonds. The van der Waals surface area contributed by atoms with Gasteiger partial charge in [0.2, 0.25) is 0 Å². The summed E-state index contributed by atoms with van der Waals surface area (Å²) in [6, 6.07) is 0. The molecule has 4 fully saturated rings. The Morgan fingerprint density at radius 1 is 1.09 bits per heavy atom. The minimum atomic E-state index is -1.14. The zero-order chi connectivity index (χ0) is 24.4. The highest BCUT2D eigenvalue weighted by molar-refractivity contribution is 5.97. The van der Waals surface area contributed by atoms with E-state index in [0.29, 0.717) is 24.8 Å². The third kappa shape index (κ3) is 2.48. The van der Waals surface area contributed by atoms with Gasteiger partial charge in [-0.15, -0.1) is 0 Å². The van der Waals surface area contributed by atoms with Gasteiger partial charge >= 0.3 is 5.97 Å². The molecule has 6 aliphatic rings. The zero-order valence-electron chi connectivity index (χ0n) is 21.0. The van der Waals surface area contributed by atoms with Gasteiger partial charge in [-0.25, -0.2) is 4.79 Å². The molecule has 0 aromatic rings. The fraction of sp³-hybridized carbons (Fsp3) is 0.786. The molecule has 3 saturated carbocycles. The van der Waals surface area contributed by atoms with Crippen LogP contribution in [-0.4, -0.2) is 51.5 Å². The number of ketones is 1. The highest BCUT2D eigenvalue weighted by Crippen LogP contribution is 2.72. The molecule has 2 N–H and O–H groups in total. The molecule has 0 spiro atoms. The number of hydrogen-bond acceptors (Lipinski definition) is 6. The average Bonchev–Trinajstić information content (AvgIpc) is 3.55. The van der Waals surface area contributed by atoms with Crippen LogP contribution in [-0.2, 0) is 19.1 Å². The topological polar surface area (TPSA) is 96.4 Å². The third-order valence-electron chi connectivity index (χ3n) is 11.8. The van der Waals surface area contributed by atoms with Crippen LogP contribution in [0.15, 0.2) is 23.3 Å². The van der Waals surface area contributed by atoms with Crippen LogP contribution in [0.3, 0.4) is 0 Å². The molecule has 6 nitrogen and oxygen atoms in total. The second-order valence-corrected chi connectivity index (χ2v) is 12.7. The van der Waals surface area contributed by atoms with E-state index in [2.05, 4.69) is 6.92 Å². The highest BCUT2D eigenvalue weighted by Gasteiger charge is 2.78. The maximum Gasteiger partial charge on any atom is 0.333 e. The number of fused-ring (bicyclic) bond motifs is 8. The van der Waals surface area contributed by atoms with Gasteiger partial charge in [-0.1, -0.05) is 25.5 Å². The normalized spacial score (nSPS) is 54.6. The van der Waals surface area contributed by atoms with Gasteiger partial charge in [-0.05, 0) is 82.1 Å². The molecule has 2 aliphatic heterocycles. The van der Waals surface area contributed by atoms with Gasteiger partial charge in [-0.3, -0.25) is 4.79 Å². The van der Waals surface area contributed by atoms with E-state index in [4.69, 9.17) is 9.47 Å². The molecular weight excluding hydrogens is 432 g/mol. The van der Waals surface area contributed by atoms with Gasteiger partial charge in [0.05, 0.1) is 17.1 Å². The summed E-state index contributed by atoms with van der Waals surface area (Å²) in [4.78, 5) is 25.7. The lowest BCUT2D eigenvalue weighted by molar-refractivity contribution is -0.202. The number of carbonyl (C=O) groups excluding carboxylic acids is 2. The largest absolute Gasteiger partial charge is 0.458 e. The smallest absolute Gasteiger partial charge is 0.333 e. The Labute approximate surface area is 201 Å². The second-order valence-electron chi connectivity index (χ2n) is 12.7. The van der Waals surface area contributed by atoms with Crippen LogP contribution in [0.5, 0.6) is 0 Å². The molecule has 0 radical (unpaired) electrons. The minimum Gasteiger partial charge on any atom is -0.458 e. The van der Waals surface area contributed by atoms with E-state index >= 15 is 0 Å². The number of hydrogen-bond donors (Lipinski definition) is 2. The van der Waals surface area contributed by atoms with Gasteiger partial charge < -0.3 is 19.7 Å². The summed E-state index contributed by atoms with van der Waals surface area (Å²) in [7, 11) is 0. The van der Waals surface area contributed by atoms with Crippen molar-refractivity contribution in [2.45, 2.75) is 103 Å². The van der Waals surface area contributed by atoms with E-state index in [-0.39, 0.29) is 59.2 Å². The molecule has 1 saturated heterocycles. The van der Waals surface area contributed by atoms with Crippen molar-refractivity contribution in [3.63, 3.8) is 0 Å². The predicted molar refractivity (Wildman–Crippen MR) is 125 cm³/mol. The number of cyclic esters (lactones) is 1.